The monoisotopic (exact) mass is 402 g/mol. The number of allylic oxidation sites excluding steroid dienone is 2. The SMILES string of the molecule is CC(C)(C)OC(=O)Nc1ccc(C=CC2=C(C#N)C(=C(C#N)C#N)OC2(C)C)cc1. The molecule has 1 aromatic rings. The van der Waals surface area contributed by atoms with E-state index in [2.05, 4.69) is 5.32 Å². The molecule has 0 saturated carbocycles. The maximum Gasteiger partial charge on any atom is 0.412 e. The van der Waals surface area contributed by atoms with E-state index in [9.17, 15) is 10.1 Å². The minimum atomic E-state index is -0.867. The van der Waals surface area contributed by atoms with Gasteiger partial charge in [-0.05, 0) is 52.3 Å². The Morgan fingerprint density at radius 2 is 1.70 bits per heavy atom. The van der Waals surface area contributed by atoms with Crippen LogP contribution in [0.15, 0.2) is 52.8 Å². The predicted molar refractivity (Wildman–Crippen MR) is 111 cm³/mol. The first-order valence-corrected chi connectivity index (χ1v) is 9.17. The molecular weight excluding hydrogens is 380 g/mol. The fourth-order valence-corrected chi connectivity index (χ4v) is 2.76. The lowest BCUT2D eigenvalue weighted by Crippen LogP contribution is -2.27. The van der Waals surface area contributed by atoms with Crippen LogP contribution < -0.4 is 5.32 Å². The molecule has 0 unspecified atom stereocenters. The summed E-state index contributed by atoms with van der Waals surface area (Å²) in [5, 5.41) is 30.4. The van der Waals surface area contributed by atoms with Gasteiger partial charge in [0.15, 0.2) is 11.3 Å². The Labute approximate surface area is 176 Å². The van der Waals surface area contributed by atoms with Gasteiger partial charge in [-0.3, -0.25) is 5.32 Å². The zero-order chi connectivity index (χ0) is 22.5. The smallest absolute Gasteiger partial charge is 0.412 e. The summed E-state index contributed by atoms with van der Waals surface area (Å²) in [6.45, 7) is 8.88. The highest BCUT2D eigenvalue weighted by Gasteiger charge is 2.38. The largest absolute Gasteiger partial charge is 0.480 e. The Bertz CT molecular complexity index is 1050. The fraction of sp³-hybridized carbons (Fsp3) is 0.304. The van der Waals surface area contributed by atoms with Gasteiger partial charge < -0.3 is 9.47 Å². The second kappa shape index (κ2) is 8.55. The average Bonchev–Trinajstić information content (AvgIpc) is 2.90. The Morgan fingerprint density at radius 3 is 2.20 bits per heavy atom. The number of nitrogens with zero attached hydrogens (tertiary/aromatic N) is 3. The van der Waals surface area contributed by atoms with Crippen molar-refractivity contribution in [3.05, 3.63) is 58.4 Å². The third kappa shape index (κ3) is 5.28. The van der Waals surface area contributed by atoms with Crippen molar-refractivity contribution in [2.24, 2.45) is 0 Å². The molecule has 7 nitrogen and oxygen atoms in total. The zero-order valence-electron chi connectivity index (χ0n) is 17.5. The highest BCUT2D eigenvalue weighted by atomic mass is 16.6. The molecule has 0 radical (unpaired) electrons. The maximum absolute atomic E-state index is 11.8. The molecule has 1 aliphatic rings. The summed E-state index contributed by atoms with van der Waals surface area (Å²) < 4.78 is 10.9. The molecule has 0 saturated heterocycles. The van der Waals surface area contributed by atoms with Crippen molar-refractivity contribution in [1.29, 1.82) is 15.8 Å². The summed E-state index contributed by atoms with van der Waals surface area (Å²) in [7, 11) is 0. The summed E-state index contributed by atoms with van der Waals surface area (Å²) >= 11 is 0. The number of anilines is 1. The van der Waals surface area contributed by atoms with Crippen molar-refractivity contribution in [2.45, 2.75) is 45.8 Å². The molecule has 1 heterocycles. The summed E-state index contributed by atoms with van der Waals surface area (Å²) in [6.07, 6.45) is 2.98. The van der Waals surface area contributed by atoms with Crippen LogP contribution in [-0.4, -0.2) is 17.3 Å². The number of nitrogens with one attached hydrogen (secondary N) is 1. The van der Waals surface area contributed by atoms with Gasteiger partial charge >= 0.3 is 6.09 Å². The highest BCUT2D eigenvalue weighted by molar-refractivity contribution is 5.85. The van der Waals surface area contributed by atoms with E-state index in [4.69, 9.17) is 20.0 Å². The third-order valence-electron chi connectivity index (χ3n) is 4.06. The highest BCUT2D eigenvalue weighted by Crippen LogP contribution is 2.40. The van der Waals surface area contributed by atoms with Gasteiger partial charge in [0.05, 0.1) is 0 Å². The summed E-state index contributed by atoms with van der Waals surface area (Å²) in [4.78, 5) is 11.8. The van der Waals surface area contributed by atoms with Crippen LogP contribution in [0, 0.1) is 34.0 Å². The molecule has 0 atom stereocenters. The molecule has 0 aromatic heterocycles. The van der Waals surface area contributed by atoms with Gasteiger partial charge in [-0.25, -0.2) is 4.79 Å². The molecule has 1 amide bonds. The molecule has 152 valence electrons. The first-order valence-electron chi connectivity index (χ1n) is 9.17. The number of rotatable bonds is 3. The summed E-state index contributed by atoms with van der Waals surface area (Å²) in [6, 6.07) is 12.6. The summed E-state index contributed by atoms with van der Waals surface area (Å²) in [5.41, 5.74) is 0.453. The Hall–Kier alpha value is -4.02. The minimum Gasteiger partial charge on any atom is -0.480 e. The van der Waals surface area contributed by atoms with Crippen LogP contribution in [0.3, 0.4) is 0 Å². The molecule has 0 fully saturated rings. The number of hydrogen-bond donors (Lipinski definition) is 1. The average molecular weight is 402 g/mol. The molecule has 2 rings (SSSR count). The normalized spacial score (nSPS) is 15.1. The Balaban J connectivity index is 2.26. The second-order valence-electron chi connectivity index (χ2n) is 8.02. The van der Waals surface area contributed by atoms with Gasteiger partial charge in [0.2, 0.25) is 0 Å². The fourth-order valence-electron chi connectivity index (χ4n) is 2.76. The summed E-state index contributed by atoms with van der Waals surface area (Å²) in [5.74, 6) is 0.00376. The van der Waals surface area contributed by atoms with Gasteiger partial charge in [-0.15, -0.1) is 0 Å². The molecule has 0 aliphatic carbocycles. The van der Waals surface area contributed by atoms with Crippen molar-refractivity contribution in [3.63, 3.8) is 0 Å². The van der Waals surface area contributed by atoms with E-state index in [1.54, 1.807) is 83.2 Å². The van der Waals surface area contributed by atoms with Crippen molar-refractivity contribution >= 4 is 17.9 Å². The number of amides is 1. The number of ether oxygens (including phenoxy) is 2. The van der Waals surface area contributed by atoms with Crippen LogP contribution in [0.5, 0.6) is 0 Å². The topological polar surface area (TPSA) is 119 Å². The molecule has 1 aromatic carbocycles. The minimum absolute atomic E-state index is 0.00376. The van der Waals surface area contributed by atoms with Crippen LogP contribution >= 0.6 is 0 Å². The van der Waals surface area contributed by atoms with Crippen LogP contribution in [0.2, 0.25) is 0 Å². The number of nitriles is 3. The van der Waals surface area contributed by atoms with Crippen LogP contribution in [-0.2, 0) is 9.47 Å². The van der Waals surface area contributed by atoms with E-state index in [-0.39, 0.29) is 16.9 Å². The first kappa shape index (κ1) is 22.3. The molecule has 7 heteroatoms. The molecule has 30 heavy (non-hydrogen) atoms. The van der Waals surface area contributed by atoms with Gasteiger partial charge in [-0.1, -0.05) is 24.3 Å². The number of carbonyl (C=O) groups is 1. The lowest BCUT2D eigenvalue weighted by Gasteiger charge is -2.20. The van der Waals surface area contributed by atoms with E-state index >= 15 is 0 Å². The van der Waals surface area contributed by atoms with Crippen molar-refractivity contribution in [1.82, 2.24) is 0 Å². The molecule has 0 spiro atoms. The van der Waals surface area contributed by atoms with Crippen molar-refractivity contribution < 1.29 is 14.3 Å². The molecule has 0 bridgehead atoms. The quantitative estimate of drug-likeness (QED) is 0.712. The molecule has 1 aliphatic heterocycles. The predicted octanol–water partition coefficient (Wildman–Crippen LogP) is 4.98. The lowest BCUT2D eigenvalue weighted by molar-refractivity contribution is 0.0636. The number of benzene rings is 1. The van der Waals surface area contributed by atoms with E-state index in [0.29, 0.717) is 11.3 Å². The second-order valence-corrected chi connectivity index (χ2v) is 8.02. The van der Waals surface area contributed by atoms with E-state index in [1.807, 2.05) is 6.07 Å². The van der Waals surface area contributed by atoms with E-state index in [0.717, 1.165) is 5.56 Å². The van der Waals surface area contributed by atoms with Crippen molar-refractivity contribution in [2.75, 3.05) is 5.32 Å². The Kier molecular flexibility index (Phi) is 6.35. The Morgan fingerprint density at radius 1 is 1.10 bits per heavy atom. The lowest BCUT2D eigenvalue weighted by atomic mass is 9.94. The van der Waals surface area contributed by atoms with Crippen molar-refractivity contribution in [3.8, 4) is 18.2 Å². The third-order valence-corrected chi connectivity index (χ3v) is 4.06. The van der Waals surface area contributed by atoms with Gasteiger partial charge in [-0.2, -0.15) is 15.8 Å². The molecular formula is C23H22N4O3. The van der Waals surface area contributed by atoms with Gasteiger partial charge in [0.1, 0.15) is 35.0 Å². The van der Waals surface area contributed by atoms with E-state index < -0.39 is 17.3 Å². The maximum atomic E-state index is 11.8. The van der Waals surface area contributed by atoms with Crippen LogP contribution in [0.25, 0.3) is 6.08 Å². The van der Waals surface area contributed by atoms with Crippen LogP contribution in [0.4, 0.5) is 10.5 Å². The van der Waals surface area contributed by atoms with E-state index in [1.165, 1.54) is 0 Å². The zero-order valence-corrected chi connectivity index (χ0v) is 17.5. The first-order chi connectivity index (χ1) is 14.0. The van der Waals surface area contributed by atoms with Gasteiger partial charge in [0.25, 0.3) is 0 Å². The number of carbonyl (C=O) groups excluding carboxylic acids is 1. The van der Waals surface area contributed by atoms with Gasteiger partial charge in [0, 0.05) is 11.3 Å². The number of hydrogen-bond acceptors (Lipinski definition) is 6. The standard InChI is InChI=1S/C23H22N4O3/c1-22(2,3)30-21(28)27-17-9-6-15(7-10-17)8-11-19-18(14-26)20(16(12-24)13-25)29-23(19,4)5/h6-11H,1-5H3,(H,27,28). The molecule has 1 N–H and O–H groups in total. The van der Waals surface area contributed by atoms with Crippen LogP contribution in [0.1, 0.15) is 40.2 Å².